The van der Waals surface area contributed by atoms with Crippen LogP contribution < -0.4 is 11.1 Å². The van der Waals surface area contributed by atoms with E-state index in [0.717, 1.165) is 22.3 Å². The van der Waals surface area contributed by atoms with Crippen molar-refractivity contribution in [3.05, 3.63) is 70.8 Å². The first-order valence-corrected chi connectivity index (χ1v) is 7.69. The highest BCUT2D eigenvalue weighted by atomic mass is 35.5. The Morgan fingerprint density at radius 3 is 2.00 bits per heavy atom. The van der Waals surface area contributed by atoms with Crippen molar-refractivity contribution in [1.82, 2.24) is 5.32 Å². The van der Waals surface area contributed by atoms with Gasteiger partial charge in [-0.25, -0.2) is 0 Å². The van der Waals surface area contributed by atoms with Gasteiger partial charge in [0.25, 0.3) is 0 Å². The van der Waals surface area contributed by atoms with E-state index in [2.05, 4.69) is 17.4 Å². The van der Waals surface area contributed by atoms with E-state index in [4.69, 9.17) is 10.5 Å². The predicted octanol–water partition coefficient (Wildman–Crippen LogP) is 2.90. The van der Waals surface area contributed by atoms with Gasteiger partial charge in [0.05, 0.1) is 12.6 Å². The number of carbonyl (C=O) groups is 1. The van der Waals surface area contributed by atoms with Crippen LogP contribution in [0.4, 0.5) is 0 Å². The number of methoxy groups -OCH3 is 1. The monoisotopic (exact) mass is 348 g/mol. The molecule has 0 spiro atoms. The van der Waals surface area contributed by atoms with Gasteiger partial charge in [0.2, 0.25) is 5.91 Å². The standard InChI is InChI=1S/C19H24N2O2.ClH/c1-13-6-4-8-15(10-13)18(16-9-5-7-14(2)11-16)21-19(22)17(20)12-23-3;/h4-11,17-18H,12,20H2,1-3H3,(H,21,22);1H. The largest absolute Gasteiger partial charge is 0.383 e. The zero-order chi connectivity index (χ0) is 16.8. The second-order valence-corrected chi connectivity index (χ2v) is 5.83. The maximum absolute atomic E-state index is 12.3. The maximum atomic E-state index is 12.3. The van der Waals surface area contributed by atoms with E-state index in [-0.39, 0.29) is 31.0 Å². The van der Waals surface area contributed by atoms with Gasteiger partial charge >= 0.3 is 0 Å². The van der Waals surface area contributed by atoms with E-state index in [1.807, 2.05) is 50.2 Å². The van der Waals surface area contributed by atoms with E-state index in [1.54, 1.807) is 0 Å². The van der Waals surface area contributed by atoms with Crippen LogP contribution in [-0.2, 0) is 9.53 Å². The van der Waals surface area contributed by atoms with Gasteiger partial charge in [-0.05, 0) is 25.0 Å². The van der Waals surface area contributed by atoms with Crippen molar-refractivity contribution in [2.75, 3.05) is 13.7 Å². The molecule has 0 aliphatic heterocycles. The fourth-order valence-electron chi connectivity index (χ4n) is 2.56. The summed E-state index contributed by atoms with van der Waals surface area (Å²) in [4.78, 5) is 12.3. The number of hydrogen-bond donors (Lipinski definition) is 2. The van der Waals surface area contributed by atoms with Crippen LogP contribution >= 0.6 is 12.4 Å². The molecule has 0 aliphatic rings. The number of carbonyl (C=O) groups excluding carboxylic acids is 1. The predicted molar refractivity (Wildman–Crippen MR) is 99.4 cm³/mol. The Bertz CT molecular complexity index is 630. The van der Waals surface area contributed by atoms with Crippen LogP contribution in [0.5, 0.6) is 0 Å². The van der Waals surface area contributed by atoms with Gasteiger partial charge in [-0.15, -0.1) is 12.4 Å². The lowest BCUT2D eigenvalue weighted by Crippen LogP contribution is -2.45. The first-order valence-electron chi connectivity index (χ1n) is 7.69. The number of amides is 1. The normalized spacial score (nSPS) is 11.7. The molecule has 0 saturated heterocycles. The average molecular weight is 349 g/mol. The number of hydrogen-bond acceptors (Lipinski definition) is 3. The second kappa shape index (κ2) is 9.42. The third kappa shape index (κ3) is 5.34. The van der Waals surface area contributed by atoms with E-state index >= 15 is 0 Å². The zero-order valence-corrected chi connectivity index (χ0v) is 15.1. The van der Waals surface area contributed by atoms with Crippen molar-refractivity contribution >= 4 is 18.3 Å². The van der Waals surface area contributed by atoms with Crippen LogP contribution in [0.25, 0.3) is 0 Å². The molecule has 24 heavy (non-hydrogen) atoms. The van der Waals surface area contributed by atoms with Crippen LogP contribution in [0.1, 0.15) is 28.3 Å². The van der Waals surface area contributed by atoms with Gasteiger partial charge in [-0.3, -0.25) is 4.79 Å². The summed E-state index contributed by atoms with van der Waals surface area (Å²) in [5, 5.41) is 3.04. The highest BCUT2D eigenvalue weighted by molar-refractivity contribution is 5.85. The highest BCUT2D eigenvalue weighted by Crippen LogP contribution is 2.23. The SMILES string of the molecule is COCC(N)C(=O)NC(c1cccc(C)c1)c1cccc(C)c1.Cl. The molecule has 1 amide bonds. The van der Waals surface area contributed by atoms with E-state index in [0.29, 0.717) is 0 Å². The van der Waals surface area contributed by atoms with Crippen molar-refractivity contribution in [1.29, 1.82) is 0 Å². The van der Waals surface area contributed by atoms with Crippen molar-refractivity contribution in [2.24, 2.45) is 5.73 Å². The summed E-state index contributed by atoms with van der Waals surface area (Å²) in [5.74, 6) is -0.222. The number of rotatable bonds is 6. The summed E-state index contributed by atoms with van der Waals surface area (Å²) in [6, 6.07) is 15.3. The minimum Gasteiger partial charge on any atom is -0.383 e. The molecule has 0 radical (unpaired) electrons. The summed E-state index contributed by atoms with van der Waals surface area (Å²) < 4.78 is 4.97. The molecule has 0 heterocycles. The molecule has 0 bridgehead atoms. The van der Waals surface area contributed by atoms with Crippen molar-refractivity contribution in [3.63, 3.8) is 0 Å². The summed E-state index contributed by atoms with van der Waals surface area (Å²) >= 11 is 0. The van der Waals surface area contributed by atoms with Crippen molar-refractivity contribution < 1.29 is 9.53 Å². The lowest BCUT2D eigenvalue weighted by molar-refractivity contribution is -0.123. The molecule has 0 saturated carbocycles. The third-order valence-corrected chi connectivity index (χ3v) is 3.72. The topological polar surface area (TPSA) is 64.3 Å². The lowest BCUT2D eigenvalue weighted by atomic mass is 9.96. The minimum atomic E-state index is -0.683. The Balaban J connectivity index is 0.00000288. The highest BCUT2D eigenvalue weighted by Gasteiger charge is 2.21. The molecule has 2 aromatic carbocycles. The van der Waals surface area contributed by atoms with Crippen LogP contribution in [0, 0.1) is 13.8 Å². The number of ether oxygens (including phenoxy) is 1. The number of benzene rings is 2. The minimum absolute atomic E-state index is 0. The van der Waals surface area contributed by atoms with Gasteiger partial charge in [0, 0.05) is 7.11 Å². The summed E-state index contributed by atoms with van der Waals surface area (Å²) in [5.41, 5.74) is 10.2. The van der Waals surface area contributed by atoms with Gasteiger partial charge in [-0.1, -0.05) is 59.7 Å². The first-order chi connectivity index (χ1) is 11.0. The molecule has 4 nitrogen and oxygen atoms in total. The van der Waals surface area contributed by atoms with E-state index in [9.17, 15) is 4.79 Å². The Kier molecular flexibility index (Phi) is 7.92. The van der Waals surface area contributed by atoms with E-state index in [1.165, 1.54) is 7.11 Å². The van der Waals surface area contributed by atoms with Gasteiger partial charge < -0.3 is 15.8 Å². The van der Waals surface area contributed by atoms with Gasteiger partial charge in [0.15, 0.2) is 0 Å². The average Bonchev–Trinajstić information content (AvgIpc) is 2.52. The Hall–Kier alpha value is -1.88. The van der Waals surface area contributed by atoms with Crippen LogP contribution in [0.15, 0.2) is 48.5 Å². The number of nitrogens with one attached hydrogen (secondary N) is 1. The second-order valence-electron chi connectivity index (χ2n) is 5.83. The molecule has 0 aromatic heterocycles. The molecule has 2 rings (SSSR count). The van der Waals surface area contributed by atoms with Crippen LogP contribution in [0.3, 0.4) is 0 Å². The molecular formula is C19H25ClN2O2. The van der Waals surface area contributed by atoms with Gasteiger partial charge in [0.1, 0.15) is 6.04 Å². The maximum Gasteiger partial charge on any atom is 0.240 e. The Morgan fingerprint density at radius 1 is 1.08 bits per heavy atom. The fourth-order valence-corrected chi connectivity index (χ4v) is 2.56. The molecular weight excluding hydrogens is 324 g/mol. The molecule has 3 N–H and O–H groups in total. The van der Waals surface area contributed by atoms with Gasteiger partial charge in [-0.2, -0.15) is 0 Å². The molecule has 1 atom stereocenters. The summed E-state index contributed by atoms with van der Waals surface area (Å²) in [6.07, 6.45) is 0. The first kappa shape index (κ1) is 20.2. The number of nitrogens with two attached hydrogens (primary N) is 1. The van der Waals surface area contributed by atoms with E-state index < -0.39 is 6.04 Å². The Labute approximate surface area is 149 Å². The molecule has 0 fully saturated rings. The number of aryl methyl sites for hydroxylation is 2. The quantitative estimate of drug-likeness (QED) is 0.843. The molecule has 5 heteroatoms. The van der Waals surface area contributed by atoms with Crippen molar-refractivity contribution in [3.8, 4) is 0 Å². The molecule has 1 unspecified atom stereocenters. The molecule has 0 aliphatic carbocycles. The lowest BCUT2D eigenvalue weighted by Gasteiger charge is -2.22. The smallest absolute Gasteiger partial charge is 0.240 e. The van der Waals surface area contributed by atoms with Crippen LogP contribution in [0.2, 0.25) is 0 Å². The third-order valence-electron chi connectivity index (χ3n) is 3.72. The summed E-state index contributed by atoms with van der Waals surface area (Å²) in [6.45, 7) is 4.27. The summed E-state index contributed by atoms with van der Waals surface area (Å²) in [7, 11) is 1.53. The molecule has 2 aromatic rings. The van der Waals surface area contributed by atoms with Crippen LogP contribution in [-0.4, -0.2) is 25.7 Å². The molecule has 130 valence electrons. The number of halogens is 1. The fraction of sp³-hybridized carbons (Fsp3) is 0.316. The van der Waals surface area contributed by atoms with Crippen molar-refractivity contribution in [2.45, 2.75) is 25.9 Å². The Morgan fingerprint density at radius 2 is 1.58 bits per heavy atom. The zero-order valence-electron chi connectivity index (χ0n) is 14.3.